The van der Waals surface area contributed by atoms with Crippen molar-refractivity contribution in [3.8, 4) is 5.75 Å². The summed E-state index contributed by atoms with van der Waals surface area (Å²) < 4.78 is 18.7. The molecule has 0 aliphatic rings. The van der Waals surface area contributed by atoms with Gasteiger partial charge in [-0.15, -0.1) is 0 Å². The number of benzene rings is 1. The van der Waals surface area contributed by atoms with Crippen LogP contribution < -0.4 is 4.74 Å². The van der Waals surface area contributed by atoms with E-state index in [2.05, 4.69) is 0 Å². The minimum atomic E-state index is -1.15. The molecule has 0 amide bonds. The van der Waals surface area contributed by atoms with E-state index in [0.717, 1.165) is 12.2 Å². The molecule has 0 radical (unpaired) electrons. The second kappa shape index (κ2) is 5.51. The highest BCUT2D eigenvalue weighted by Crippen LogP contribution is 2.30. The fourth-order valence-electron chi connectivity index (χ4n) is 1.11. The first-order valence-electron chi connectivity index (χ1n) is 4.58. The lowest BCUT2D eigenvalue weighted by Gasteiger charge is -2.08. The van der Waals surface area contributed by atoms with Crippen LogP contribution in [0.15, 0.2) is 18.2 Å². The van der Waals surface area contributed by atoms with Gasteiger partial charge in [-0.1, -0.05) is 17.7 Å². The van der Waals surface area contributed by atoms with E-state index >= 15 is 0 Å². The van der Waals surface area contributed by atoms with E-state index in [4.69, 9.17) is 21.4 Å². The Kier molecular flexibility index (Phi) is 4.31. The van der Waals surface area contributed by atoms with Crippen molar-refractivity contribution in [2.24, 2.45) is 0 Å². The standard InChI is InChI=1S/C11H10ClFO3/c1-2-16-11-8(12)5-3-7(10(11)13)4-6-9(14)15/h3-6H,2H2,1H3,(H,14,15). The number of rotatable bonds is 4. The van der Waals surface area contributed by atoms with Crippen LogP contribution in [0.2, 0.25) is 5.02 Å². The van der Waals surface area contributed by atoms with Crippen molar-refractivity contribution in [1.29, 1.82) is 0 Å². The van der Waals surface area contributed by atoms with Gasteiger partial charge in [-0.3, -0.25) is 0 Å². The van der Waals surface area contributed by atoms with Gasteiger partial charge >= 0.3 is 5.97 Å². The topological polar surface area (TPSA) is 46.5 Å². The van der Waals surface area contributed by atoms with Gasteiger partial charge in [0.2, 0.25) is 0 Å². The lowest BCUT2D eigenvalue weighted by Crippen LogP contribution is -1.97. The Labute approximate surface area is 97.1 Å². The molecule has 0 bridgehead atoms. The predicted octanol–water partition coefficient (Wildman–Crippen LogP) is 2.98. The number of carboxylic acids is 1. The van der Waals surface area contributed by atoms with Crippen LogP contribution in [0, 0.1) is 5.82 Å². The van der Waals surface area contributed by atoms with E-state index in [1.165, 1.54) is 12.1 Å². The van der Waals surface area contributed by atoms with Crippen LogP contribution in [0.5, 0.6) is 5.75 Å². The molecule has 5 heteroatoms. The van der Waals surface area contributed by atoms with Crippen LogP contribution >= 0.6 is 11.6 Å². The lowest BCUT2D eigenvalue weighted by molar-refractivity contribution is -0.131. The summed E-state index contributed by atoms with van der Waals surface area (Å²) in [5.41, 5.74) is 0.121. The SMILES string of the molecule is CCOc1c(Cl)ccc(C=CC(=O)O)c1F. The third kappa shape index (κ3) is 2.97. The number of hydrogen-bond donors (Lipinski definition) is 1. The van der Waals surface area contributed by atoms with Crippen LogP contribution in [0.1, 0.15) is 12.5 Å². The molecule has 1 N–H and O–H groups in total. The molecule has 0 heterocycles. The molecule has 0 aromatic heterocycles. The Morgan fingerprint density at radius 3 is 2.88 bits per heavy atom. The largest absolute Gasteiger partial charge is 0.489 e. The van der Waals surface area contributed by atoms with Crippen LogP contribution in [-0.4, -0.2) is 17.7 Å². The molecule has 86 valence electrons. The van der Waals surface area contributed by atoms with Crippen molar-refractivity contribution in [1.82, 2.24) is 0 Å². The zero-order chi connectivity index (χ0) is 12.1. The van der Waals surface area contributed by atoms with E-state index < -0.39 is 11.8 Å². The summed E-state index contributed by atoms with van der Waals surface area (Å²) in [4.78, 5) is 10.3. The molecule has 0 aliphatic carbocycles. The van der Waals surface area contributed by atoms with E-state index in [-0.39, 0.29) is 22.9 Å². The quantitative estimate of drug-likeness (QED) is 0.829. The molecular formula is C11H10ClFO3. The van der Waals surface area contributed by atoms with Crippen molar-refractivity contribution < 1.29 is 19.0 Å². The minimum Gasteiger partial charge on any atom is -0.489 e. The van der Waals surface area contributed by atoms with Crippen LogP contribution in [0.25, 0.3) is 6.08 Å². The summed E-state index contributed by atoms with van der Waals surface area (Å²) in [6, 6.07) is 2.84. The maximum absolute atomic E-state index is 13.7. The highest BCUT2D eigenvalue weighted by Gasteiger charge is 2.11. The van der Waals surface area contributed by atoms with Gasteiger partial charge in [0, 0.05) is 11.6 Å². The third-order valence-corrected chi connectivity index (χ3v) is 2.07. The van der Waals surface area contributed by atoms with Crippen molar-refractivity contribution in [3.05, 3.63) is 34.6 Å². The number of carbonyl (C=O) groups is 1. The highest BCUT2D eigenvalue weighted by molar-refractivity contribution is 6.32. The summed E-state index contributed by atoms with van der Waals surface area (Å²) in [6.07, 6.45) is 2.00. The first kappa shape index (κ1) is 12.5. The van der Waals surface area contributed by atoms with Gasteiger partial charge in [0.05, 0.1) is 11.6 Å². The molecule has 0 spiro atoms. The van der Waals surface area contributed by atoms with E-state index in [1.54, 1.807) is 6.92 Å². The summed E-state index contributed by atoms with van der Waals surface area (Å²) >= 11 is 5.74. The number of carboxylic acid groups (broad SMARTS) is 1. The average Bonchev–Trinajstić information content (AvgIpc) is 2.23. The first-order chi connectivity index (χ1) is 7.56. The van der Waals surface area contributed by atoms with Crippen LogP contribution in [-0.2, 0) is 4.79 Å². The van der Waals surface area contributed by atoms with Crippen LogP contribution in [0.4, 0.5) is 4.39 Å². The molecule has 0 aliphatic heterocycles. The monoisotopic (exact) mass is 244 g/mol. The van der Waals surface area contributed by atoms with Gasteiger partial charge in [0.1, 0.15) is 0 Å². The molecule has 0 saturated heterocycles. The van der Waals surface area contributed by atoms with E-state index in [9.17, 15) is 9.18 Å². The summed E-state index contributed by atoms with van der Waals surface area (Å²) in [6.45, 7) is 1.98. The van der Waals surface area contributed by atoms with E-state index in [1.807, 2.05) is 0 Å². The first-order valence-corrected chi connectivity index (χ1v) is 4.95. The predicted molar refractivity (Wildman–Crippen MR) is 59.2 cm³/mol. The molecule has 1 aromatic carbocycles. The molecule has 1 rings (SSSR count). The Bertz CT molecular complexity index is 429. The molecule has 16 heavy (non-hydrogen) atoms. The summed E-state index contributed by atoms with van der Waals surface area (Å²) in [5, 5.41) is 8.59. The van der Waals surface area contributed by atoms with Crippen molar-refractivity contribution in [2.75, 3.05) is 6.61 Å². The second-order valence-corrected chi connectivity index (χ2v) is 3.29. The lowest BCUT2D eigenvalue weighted by atomic mass is 10.2. The Morgan fingerprint density at radius 2 is 2.31 bits per heavy atom. The normalized spacial score (nSPS) is 10.7. The number of hydrogen-bond acceptors (Lipinski definition) is 2. The van der Waals surface area contributed by atoms with Gasteiger partial charge in [-0.2, -0.15) is 0 Å². The van der Waals surface area contributed by atoms with Crippen molar-refractivity contribution in [3.63, 3.8) is 0 Å². The molecule has 0 atom stereocenters. The molecular weight excluding hydrogens is 235 g/mol. The van der Waals surface area contributed by atoms with Gasteiger partial charge < -0.3 is 9.84 Å². The molecule has 0 saturated carbocycles. The Hall–Kier alpha value is -1.55. The number of halogens is 2. The number of ether oxygens (including phenoxy) is 1. The van der Waals surface area contributed by atoms with Crippen molar-refractivity contribution >= 4 is 23.6 Å². The van der Waals surface area contributed by atoms with Gasteiger partial charge in [-0.05, 0) is 19.1 Å². The van der Waals surface area contributed by atoms with Gasteiger partial charge in [0.25, 0.3) is 0 Å². The summed E-state index contributed by atoms with van der Waals surface area (Å²) in [7, 11) is 0. The fraction of sp³-hybridized carbons (Fsp3) is 0.182. The molecule has 0 fully saturated rings. The summed E-state index contributed by atoms with van der Waals surface area (Å²) in [5.74, 6) is -1.86. The Balaban J connectivity index is 3.12. The third-order valence-electron chi connectivity index (χ3n) is 1.77. The van der Waals surface area contributed by atoms with Crippen LogP contribution in [0.3, 0.4) is 0 Å². The van der Waals surface area contributed by atoms with E-state index in [0.29, 0.717) is 0 Å². The molecule has 0 unspecified atom stereocenters. The number of aliphatic carboxylic acids is 1. The Morgan fingerprint density at radius 1 is 1.62 bits per heavy atom. The maximum atomic E-state index is 13.7. The zero-order valence-electron chi connectivity index (χ0n) is 8.54. The average molecular weight is 245 g/mol. The molecule has 3 nitrogen and oxygen atoms in total. The molecule has 1 aromatic rings. The maximum Gasteiger partial charge on any atom is 0.328 e. The smallest absolute Gasteiger partial charge is 0.328 e. The zero-order valence-corrected chi connectivity index (χ0v) is 9.29. The van der Waals surface area contributed by atoms with Gasteiger partial charge in [0.15, 0.2) is 11.6 Å². The fourth-order valence-corrected chi connectivity index (χ4v) is 1.31. The minimum absolute atomic E-state index is 0.0586. The second-order valence-electron chi connectivity index (χ2n) is 2.88. The van der Waals surface area contributed by atoms with Crippen molar-refractivity contribution in [2.45, 2.75) is 6.92 Å². The highest BCUT2D eigenvalue weighted by atomic mass is 35.5. The van der Waals surface area contributed by atoms with Gasteiger partial charge in [-0.25, -0.2) is 9.18 Å².